The van der Waals surface area contributed by atoms with E-state index >= 15 is 0 Å². The van der Waals surface area contributed by atoms with Gasteiger partial charge in [-0.15, -0.1) is 5.92 Å². The van der Waals surface area contributed by atoms with Gasteiger partial charge in [0.1, 0.15) is 0 Å². The third-order valence-electron chi connectivity index (χ3n) is 1.49. The number of hydrogen-bond acceptors (Lipinski definition) is 0. The summed E-state index contributed by atoms with van der Waals surface area (Å²) in [6.07, 6.45) is 0. The fourth-order valence-corrected chi connectivity index (χ4v) is 0.890. The molecular weight excluding hydrogens is 148 g/mol. The Kier molecular flexibility index (Phi) is 2.49. The molecule has 0 radical (unpaired) electrons. The van der Waals surface area contributed by atoms with Crippen LogP contribution in [-0.2, 0) is 0 Å². The Balaban J connectivity index is 2.98. The van der Waals surface area contributed by atoms with Gasteiger partial charge < -0.3 is 0 Å². The van der Waals surface area contributed by atoms with Crippen LogP contribution in [0.15, 0.2) is 24.3 Å². The first-order valence-electron chi connectivity index (χ1n) is 3.65. The summed E-state index contributed by atoms with van der Waals surface area (Å²) in [7, 11) is 0. The van der Waals surface area contributed by atoms with Crippen molar-refractivity contribution in [2.75, 3.05) is 0 Å². The first-order valence-corrected chi connectivity index (χ1v) is 3.65. The van der Waals surface area contributed by atoms with Crippen molar-refractivity contribution in [1.82, 2.24) is 0 Å². The van der Waals surface area contributed by atoms with E-state index in [1.54, 1.807) is 6.92 Å². The predicted octanol–water partition coefficient (Wildman–Crippen LogP) is -0.478. The summed E-state index contributed by atoms with van der Waals surface area (Å²) in [6.45, 7) is 1.80. The third-order valence-corrected chi connectivity index (χ3v) is 1.49. The minimum atomic E-state index is 0.339. The summed E-state index contributed by atoms with van der Waals surface area (Å²) in [4.78, 5) is 0. The van der Waals surface area contributed by atoms with E-state index in [-0.39, 0.29) is 0 Å². The van der Waals surface area contributed by atoms with Gasteiger partial charge in [-0.3, -0.25) is 11.1 Å². The van der Waals surface area contributed by atoms with Crippen molar-refractivity contribution in [3.63, 3.8) is 0 Å². The molecule has 1 aromatic rings. The molecule has 2 heteroatoms. The highest BCUT2D eigenvalue weighted by molar-refractivity contribution is 5.92. The number of benzene rings is 1. The smallest absolute Gasteiger partial charge is 0.270 e. The molecule has 1 rings (SSSR count). The lowest BCUT2D eigenvalue weighted by molar-refractivity contribution is -0.114. The maximum Gasteiger partial charge on any atom is 0.270 e. The second-order valence-electron chi connectivity index (χ2n) is 2.41. The zero-order valence-electron chi connectivity index (χ0n) is 6.96. The van der Waals surface area contributed by atoms with Crippen LogP contribution in [0.1, 0.15) is 18.1 Å². The van der Waals surface area contributed by atoms with Crippen LogP contribution >= 0.6 is 0 Å². The summed E-state index contributed by atoms with van der Waals surface area (Å²) in [5, 5.41) is 5.40. The van der Waals surface area contributed by atoms with Gasteiger partial charge in [-0.1, -0.05) is 5.92 Å². The molecule has 0 saturated heterocycles. The number of hydrogen-bond donors (Lipinski definition) is 2. The topological polar surface area (TPSA) is 51.6 Å². The highest BCUT2D eigenvalue weighted by Crippen LogP contribution is 2.00. The Labute approximate surface area is 71.9 Å². The van der Waals surface area contributed by atoms with Gasteiger partial charge >= 0.3 is 0 Å². The molecule has 12 heavy (non-hydrogen) atoms. The molecule has 0 aromatic heterocycles. The SMILES string of the molecule is CC#Cc1ccc(C(N)=[NH2+])cc1. The largest absolute Gasteiger partial charge is 0.287 e. The van der Waals surface area contributed by atoms with E-state index in [0.717, 1.165) is 11.1 Å². The van der Waals surface area contributed by atoms with E-state index < -0.39 is 0 Å². The second kappa shape index (κ2) is 3.59. The summed E-state index contributed by atoms with van der Waals surface area (Å²) >= 11 is 0. The molecule has 0 unspecified atom stereocenters. The molecule has 0 bridgehead atoms. The molecule has 0 aliphatic heterocycles. The van der Waals surface area contributed by atoms with E-state index in [4.69, 9.17) is 11.1 Å². The summed E-state index contributed by atoms with van der Waals surface area (Å²) in [5.74, 6) is 6.09. The normalized spacial score (nSPS) is 8.42. The average Bonchev–Trinajstić information content (AvgIpc) is 2.06. The zero-order chi connectivity index (χ0) is 8.97. The van der Waals surface area contributed by atoms with Crippen molar-refractivity contribution < 1.29 is 5.41 Å². The minimum absolute atomic E-state index is 0.339. The van der Waals surface area contributed by atoms with Crippen molar-refractivity contribution in [1.29, 1.82) is 0 Å². The van der Waals surface area contributed by atoms with Crippen molar-refractivity contribution in [2.45, 2.75) is 6.92 Å². The maximum atomic E-state index is 5.40. The van der Waals surface area contributed by atoms with E-state index in [0.29, 0.717) is 5.84 Å². The predicted molar refractivity (Wildman–Crippen MR) is 49.2 cm³/mol. The third kappa shape index (κ3) is 1.86. The van der Waals surface area contributed by atoms with Crippen molar-refractivity contribution in [2.24, 2.45) is 5.73 Å². The molecule has 0 heterocycles. The fraction of sp³-hybridized carbons (Fsp3) is 0.100. The lowest BCUT2D eigenvalue weighted by atomic mass is 10.1. The molecule has 4 N–H and O–H groups in total. The Morgan fingerprint density at radius 1 is 1.33 bits per heavy atom. The van der Waals surface area contributed by atoms with Crippen LogP contribution in [0, 0.1) is 11.8 Å². The Morgan fingerprint density at radius 3 is 2.33 bits per heavy atom. The Bertz CT molecular complexity index is 338. The lowest BCUT2D eigenvalue weighted by Gasteiger charge is -1.92. The first kappa shape index (κ1) is 8.35. The van der Waals surface area contributed by atoms with Crippen LogP contribution in [0.3, 0.4) is 0 Å². The monoisotopic (exact) mass is 159 g/mol. The van der Waals surface area contributed by atoms with Crippen LogP contribution in [-0.4, -0.2) is 5.84 Å². The Hall–Kier alpha value is -1.75. The van der Waals surface area contributed by atoms with Crippen LogP contribution in [0.5, 0.6) is 0 Å². The maximum absolute atomic E-state index is 5.40. The van der Waals surface area contributed by atoms with Crippen molar-refractivity contribution in [3.8, 4) is 11.8 Å². The zero-order valence-corrected chi connectivity index (χ0v) is 6.96. The molecule has 0 amide bonds. The molecule has 60 valence electrons. The molecule has 1 aromatic carbocycles. The average molecular weight is 159 g/mol. The van der Waals surface area contributed by atoms with Crippen molar-refractivity contribution >= 4 is 5.84 Å². The molecule has 0 aliphatic rings. The van der Waals surface area contributed by atoms with E-state index in [2.05, 4.69) is 11.8 Å². The minimum Gasteiger partial charge on any atom is -0.287 e. The van der Waals surface area contributed by atoms with Gasteiger partial charge in [0.15, 0.2) is 0 Å². The molecule has 2 nitrogen and oxygen atoms in total. The van der Waals surface area contributed by atoms with Gasteiger partial charge in [-0.25, -0.2) is 0 Å². The van der Waals surface area contributed by atoms with Crippen LogP contribution < -0.4 is 11.1 Å². The van der Waals surface area contributed by atoms with Gasteiger partial charge in [0.25, 0.3) is 5.84 Å². The molecular formula is C10H11N2+. The molecule has 0 fully saturated rings. The highest BCUT2D eigenvalue weighted by Gasteiger charge is 1.98. The standard InChI is InChI=1S/C10H10N2/c1-2-3-8-4-6-9(7-5-8)10(11)12/h4-7H,1H3,(H3,11,12)/p+1. The lowest BCUT2D eigenvalue weighted by Crippen LogP contribution is -2.46. The fourth-order valence-electron chi connectivity index (χ4n) is 0.890. The van der Waals surface area contributed by atoms with Gasteiger partial charge in [0.2, 0.25) is 0 Å². The number of nitrogens with two attached hydrogens (primary N) is 2. The van der Waals surface area contributed by atoms with Crippen molar-refractivity contribution in [3.05, 3.63) is 35.4 Å². The van der Waals surface area contributed by atoms with E-state index in [9.17, 15) is 0 Å². The Morgan fingerprint density at radius 2 is 1.92 bits per heavy atom. The van der Waals surface area contributed by atoms with Gasteiger partial charge in [-0.05, 0) is 31.2 Å². The van der Waals surface area contributed by atoms with Gasteiger partial charge in [-0.2, -0.15) is 0 Å². The highest BCUT2D eigenvalue weighted by atomic mass is 14.7. The summed E-state index contributed by atoms with van der Waals surface area (Å²) in [6, 6.07) is 7.50. The number of amidine groups is 1. The van der Waals surface area contributed by atoms with Crippen LogP contribution in [0.4, 0.5) is 0 Å². The second-order valence-corrected chi connectivity index (χ2v) is 2.41. The van der Waals surface area contributed by atoms with Gasteiger partial charge in [0, 0.05) is 5.56 Å². The summed E-state index contributed by atoms with van der Waals surface area (Å²) < 4.78 is 0. The molecule has 0 aliphatic carbocycles. The van der Waals surface area contributed by atoms with E-state index in [1.165, 1.54) is 0 Å². The van der Waals surface area contributed by atoms with Crippen LogP contribution in [0.2, 0.25) is 0 Å². The quantitative estimate of drug-likeness (QED) is 0.324. The summed E-state index contributed by atoms with van der Waals surface area (Å²) in [5.41, 5.74) is 7.21. The molecule has 0 spiro atoms. The molecule has 0 saturated carbocycles. The first-order chi connectivity index (χ1) is 5.74. The van der Waals surface area contributed by atoms with Crippen LogP contribution in [0.25, 0.3) is 0 Å². The van der Waals surface area contributed by atoms with E-state index in [1.807, 2.05) is 24.3 Å². The number of rotatable bonds is 1. The van der Waals surface area contributed by atoms with Gasteiger partial charge in [0.05, 0.1) is 5.56 Å². The molecule has 0 atom stereocenters.